The average Bonchev–Trinajstić information content (AvgIpc) is 3.11. The number of rotatable bonds is 3. The highest BCUT2D eigenvalue weighted by Gasteiger charge is 2.13. The van der Waals surface area contributed by atoms with Gasteiger partial charge >= 0.3 is 0 Å². The summed E-state index contributed by atoms with van der Waals surface area (Å²) >= 11 is 0. The van der Waals surface area contributed by atoms with Gasteiger partial charge in [-0.05, 0) is 24.3 Å². The molecule has 29 heavy (non-hydrogen) atoms. The molecule has 0 N–H and O–H groups in total. The van der Waals surface area contributed by atoms with Gasteiger partial charge in [0.1, 0.15) is 0 Å². The molecule has 0 atom stereocenters. The van der Waals surface area contributed by atoms with Crippen molar-refractivity contribution in [2.45, 2.75) is 68.2 Å². The Morgan fingerprint density at radius 3 is 1.59 bits per heavy atom. The predicted octanol–water partition coefficient (Wildman–Crippen LogP) is 9.80. The quantitative estimate of drug-likeness (QED) is 0.417. The molecule has 0 aliphatic heterocycles. The minimum absolute atomic E-state index is 1.09. The standard InChI is InChI=1S/C18H15N.2C3H8.2C2H6/c1-3-15-16-12-8-9-13-18(16)19(17(15)4-2)14-10-6-5-7-11-14;2*1-3-2;2*1-2/h3-13H,1-2H2;2*3H2,1-2H3;2*1-2H3. The first-order chi connectivity index (χ1) is 14.2. The Kier molecular flexibility index (Phi) is 18.6. The molecule has 1 nitrogen and oxygen atoms in total. The van der Waals surface area contributed by atoms with E-state index in [4.69, 9.17) is 0 Å². The zero-order valence-corrected chi connectivity index (χ0v) is 20.1. The zero-order chi connectivity index (χ0) is 22.7. The van der Waals surface area contributed by atoms with Gasteiger partial charge < -0.3 is 4.57 Å². The Hall–Kier alpha value is -2.54. The lowest BCUT2D eigenvalue weighted by atomic mass is 10.1. The van der Waals surface area contributed by atoms with Crippen molar-refractivity contribution in [3.63, 3.8) is 0 Å². The summed E-state index contributed by atoms with van der Waals surface area (Å²) in [6.07, 6.45) is 6.29. The second-order valence-electron chi connectivity index (χ2n) is 5.81. The van der Waals surface area contributed by atoms with Crippen molar-refractivity contribution in [1.82, 2.24) is 4.57 Å². The average molecular weight is 394 g/mol. The Morgan fingerprint density at radius 2 is 1.14 bits per heavy atom. The third-order valence-corrected chi connectivity index (χ3v) is 3.36. The molecule has 1 heteroatoms. The van der Waals surface area contributed by atoms with Crippen molar-refractivity contribution in [1.29, 1.82) is 0 Å². The summed E-state index contributed by atoms with van der Waals surface area (Å²) in [5.41, 5.74) is 4.54. The number of hydrogen-bond donors (Lipinski definition) is 0. The number of benzene rings is 2. The van der Waals surface area contributed by atoms with Crippen LogP contribution in [0.1, 0.15) is 79.5 Å². The van der Waals surface area contributed by atoms with E-state index in [1.807, 2.05) is 58.0 Å². The normalized spacial score (nSPS) is 8.55. The molecule has 1 heterocycles. The van der Waals surface area contributed by atoms with Crippen LogP contribution in [0.4, 0.5) is 0 Å². The molecule has 0 fully saturated rings. The predicted molar refractivity (Wildman–Crippen MR) is 138 cm³/mol. The summed E-state index contributed by atoms with van der Waals surface area (Å²) in [6.45, 7) is 24.4. The number of fused-ring (bicyclic) bond motifs is 1. The Bertz CT molecular complexity index is 777. The zero-order valence-electron chi connectivity index (χ0n) is 20.1. The van der Waals surface area contributed by atoms with E-state index in [2.05, 4.69) is 81.8 Å². The highest BCUT2D eigenvalue weighted by Crippen LogP contribution is 2.30. The summed E-state index contributed by atoms with van der Waals surface area (Å²) in [7, 11) is 0. The van der Waals surface area contributed by atoms with Crippen molar-refractivity contribution in [2.75, 3.05) is 0 Å². The van der Waals surface area contributed by atoms with Crippen LogP contribution in [0, 0.1) is 0 Å². The van der Waals surface area contributed by atoms with Crippen molar-refractivity contribution in [3.8, 4) is 5.69 Å². The van der Waals surface area contributed by atoms with E-state index in [9.17, 15) is 0 Å². The van der Waals surface area contributed by atoms with E-state index in [1.54, 1.807) is 0 Å². The van der Waals surface area contributed by atoms with E-state index in [0.717, 1.165) is 16.9 Å². The molecule has 0 aliphatic carbocycles. The highest BCUT2D eigenvalue weighted by atomic mass is 15.0. The van der Waals surface area contributed by atoms with Gasteiger partial charge in [0.25, 0.3) is 0 Å². The first kappa shape index (κ1) is 28.7. The van der Waals surface area contributed by atoms with Crippen LogP contribution < -0.4 is 0 Å². The summed E-state index contributed by atoms with van der Waals surface area (Å²) < 4.78 is 2.22. The van der Waals surface area contributed by atoms with Crippen LogP contribution in [0.3, 0.4) is 0 Å². The maximum Gasteiger partial charge on any atom is 0.0541 e. The summed E-state index contributed by atoms with van der Waals surface area (Å²) in [4.78, 5) is 0. The first-order valence-electron chi connectivity index (χ1n) is 11.1. The maximum atomic E-state index is 3.95. The highest BCUT2D eigenvalue weighted by molar-refractivity contribution is 5.95. The van der Waals surface area contributed by atoms with Crippen molar-refractivity contribution >= 4 is 23.1 Å². The van der Waals surface area contributed by atoms with Crippen LogP contribution in [0.5, 0.6) is 0 Å². The lowest BCUT2D eigenvalue weighted by molar-refractivity contribution is 1.09. The molecular weight excluding hydrogens is 350 g/mol. The lowest BCUT2D eigenvalue weighted by Crippen LogP contribution is -1.96. The van der Waals surface area contributed by atoms with Gasteiger partial charge in [0.05, 0.1) is 11.2 Å². The van der Waals surface area contributed by atoms with Crippen LogP contribution in [-0.4, -0.2) is 4.57 Å². The molecule has 0 bridgehead atoms. The van der Waals surface area contributed by atoms with Crippen LogP contribution in [-0.2, 0) is 0 Å². The SMILES string of the molecule is C=Cc1c(C=C)n(-c2ccccc2)c2ccccc12.CC.CC.CCC.CCC. The van der Waals surface area contributed by atoms with Crippen molar-refractivity contribution < 1.29 is 0 Å². The van der Waals surface area contributed by atoms with Gasteiger partial charge in [0, 0.05) is 16.6 Å². The number of hydrogen-bond acceptors (Lipinski definition) is 0. The first-order valence-corrected chi connectivity index (χ1v) is 11.1. The van der Waals surface area contributed by atoms with Crippen molar-refractivity contribution in [2.24, 2.45) is 0 Å². The monoisotopic (exact) mass is 393 g/mol. The van der Waals surface area contributed by atoms with E-state index in [0.29, 0.717) is 0 Å². The van der Waals surface area contributed by atoms with Gasteiger partial charge in [-0.3, -0.25) is 0 Å². The molecule has 3 rings (SSSR count). The second-order valence-corrected chi connectivity index (χ2v) is 5.81. The smallest absolute Gasteiger partial charge is 0.0541 e. The third-order valence-electron chi connectivity index (χ3n) is 3.36. The molecule has 3 aromatic rings. The van der Waals surface area contributed by atoms with Crippen LogP contribution in [0.15, 0.2) is 67.8 Å². The topological polar surface area (TPSA) is 4.93 Å². The summed E-state index contributed by atoms with van der Waals surface area (Å²) in [6, 6.07) is 18.7. The fourth-order valence-corrected chi connectivity index (χ4v) is 2.56. The fraction of sp³-hybridized carbons (Fsp3) is 0.357. The van der Waals surface area contributed by atoms with E-state index < -0.39 is 0 Å². The van der Waals surface area contributed by atoms with Gasteiger partial charge in [-0.1, -0.05) is 124 Å². The van der Waals surface area contributed by atoms with E-state index >= 15 is 0 Å². The molecule has 0 spiro atoms. The molecule has 0 saturated carbocycles. The Labute approximate surface area is 180 Å². The van der Waals surface area contributed by atoms with Crippen molar-refractivity contribution in [3.05, 3.63) is 79.0 Å². The maximum absolute atomic E-state index is 3.95. The molecular formula is C28H43N. The number of aromatic nitrogens is 1. The minimum atomic E-state index is 1.09. The summed E-state index contributed by atoms with van der Waals surface area (Å²) in [5.74, 6) is 0. The molecule has 1 aromatic heterocycles. The summed E-state index contributed by atoms with van der Waals surface area (Å²) in [5, 5.41) is 1.20. The van der Waals surface area contributed by atoms with Gasteiger partial charge in [-0.2, -0.15) is 0 Å². The van der Waals surface area contributed by atoms with E-state index in [-0.39, 0.29) is 0 Å². The van der Waals surface area contributed by atoms with Gasteiger partial charge in [-0.15, -0.1) is 0 Å². The van der Waals surface area contributed by atoms with Gasteiger partial charge in [-0.25, -0.2) is 0 Å². The Balaban J connectivity index is 0. The second kappa shape index (κ2) is 18.8. The molecule has 0 aliphatic rings. The molecule has 2 aromatic carbocycles. The van der Waals surface area contributed by atoms with Crippen LogP contribution in [0.2, 0.25) is 0 Å². The molecule has 160 valence electrons. The lowest BCUT2D eigenvalue weighted by Gasteiger charge is -2.08. The van der Waals surface area contributed by atoms with Gasteiger partial charge in [0.2, 0.25) is 0 Å². The van der Waals surface area contributed by atoms with Gasteiger partial charge in [0.15, 0.2) is 0 Å². The number of nitrogens with zero attached hydrogens (tertiary/aromatic N) is 1. The van der Waals surface area contributed by atoms with E-state index in [1.165, 1.54) is 23.7 Å². The Morgan fingerprint density at radius 1 is 0.690 bits per heavy atom. The largest absolute Gasteiger partial charge is 0.309 e. The molecule has 0 unspecified atom stereocenters. The minimum Gasteiger partial charge on any atom is -0.309 e. The van der Waals surface area contributed by atoms with Crippen LogP contribution in [0.25, 0.3) is 28.7 Å². The molecule has 0 amide bonds. The molecule has 0 saturated heterocycles. The molecule has 0 radical (unpaired) electrons. The fourth-order valence-electron chi connectivity index (χ4n) is 2.56. The van der Waals surface area contributed by atoms with Crippen LogP contribution >= 0.6 is 0 Å². The number of para-hydroxylation sites is 2. The third kappa shape index (κ3) is 8.56.